The minimum Gasteiger partial charge on any atom is -0.307 e. The first-order valence-corrected chi connectivity index (χ1v) is 37.3. The molecule has 0 fully saturated rings. The summed E-state index contributed by atoms with van der Waals surface area (Å²) in [5.74, 6) is -6.50. The van der Waals surface area contributed by atoms with Crippen LogP contribution < -0.4 is 0 Å². The average Bonchev–Trinajstić information content (AvgIpc) is 1.56. The Hall–Kier alpha value is -16.1. The second-order valence-electron chi connectivity index (χ2n) is 27.7. The molecule has 0 bridgehead atoms. The highest BCUT2D eigenvalue weighted by molar-refractivity contribution is 6.14. The molecular weight excluding hydrogens is 1470 g/mol. The van der Waals surface area contributed by atoms with E-state index in [0.29, 0.717) is 136 Å². The van der Waals surface area contributed by atoms with E-state index in [1.807, 2.05) is 325 Å². The molecule has 0 aliphatic rings. The summed E-state index contributed by atoms with van der Waals surface area (Å²) in [5.41, 5.74) is 8.11. The molecule has 6 aromatic heterocycles. The number of halogens is 5. The summed E-state index contributed by atoms with van der Waals surface area (Å²) in [4.78, 5) is 61.3. The number of fused-ring (bicyclic) bond motifs is 6. The highest BCUT2D eigenvalue weighted by Crippen LogP contribution is 2.46. The molecule has 6 heterocycles. The van der Waals surface area contributed by atoms with Crippen molar-refractivity contribution in [2.75, 3.05) is 0 Å². The van der Waals surface area contributed by atoms with E-state index in [1.165, 1.54) is 12.1 Å². The Morgan fingerprint density at radius 2 is 0.393 bits per heavy atom. The van der Waals surface area contributed by atoms with Gasteiger partial charge >= 0.3 is 0 Å². The zero-order valence-electron chi connectivity index (χ0n) is 61.3. The Bertz CT molecular complexity index is 6740. The third-order valence-corrected chi connectivity index (χ3v) is 20.6. The third-order valence-electron chi connectivity index (χ3n) is 20.6. The van der Waals surface area contributed by atoms with Crippen LogP contribution in [0.15, 0.2) is 328 Å². The third kappa shape index (κ3) is 12.8. The number of rotatable bonds is 15. The van der Waals surface area contributed by atoms with E-state index in [-0.39, 0.29) is 11.4 Å². The van der Waals surface area contributed by atoms with Crippen molar-refractivity contribution in [3.8, 4) is 165 Å². The summed E-state index contributed by atoms with van der Waals surface area (Å²) in [6, 6.07) is 104. The van der Waals surface area contributed by atoms with E-state index in [1.54, 1.807) is 0 Å². The zero-order chi connectivity index (χ0) is 78.8. The SMILES string of the molecule is N#Cc1cc(-n2c3ccc(-c4nc(-c5ccccc5)nc(-c5ccccc5)n4)cc3c3cc(-c4nc(-c5ccccc5)nc(-c5ccccc5)n4)ccc32)c(-n2c3ccc(-c4nc(-c5ccccc5)nc(-c5ccccc5)n4)cc3c3cc(-c4nc(-c5ccccc5)nc(-c5ccccc5)n4)ccc32)cc1-c1c(F)c(F)c(F)c(F)c1F. The van der Waals surface area contributed by atoms with Gasteiger partial charge in [-0.15, -0.1) is 0 Å². The predicted molar refractivity (Wildman–Crippen MR) is 444 cm³/mol. The second-order valence-corrected chi connectivity index (χ2v) is 27.7. The lowest BCUT2D eigenvalue weighted by Crippen LogP contribution is -2.08. The minimum absolute atomic E-state index is 0.117. The summed E-state index contributed by atoms with van der Waals surface area (Å²) in [7, 11) is 0. The fourth-order valence-corrected chi connectivity index (χ4v) is 14.9. The molecule has 0 amide bonds. The van der Waals surface area contributed by atoms with Gasteiger partial charge in [-0.1, -0.05) is 243 Å². The summed E-state index contributed by atoms with van der Waals surface area (Å²) in [6.45, 7) is 0. The fourth-order valence-electron chi connectivity index (χ4n) is 14.9. The van der Waals surface area contributed by atoms with Crippen molar-refractivity contribution in [2.24, 2.45) is 0 Å². The van der Waals surface area contributed by atoms with Gasteiger partial charge in [-0.3, -0.25) is 0 Å². The monoisotopic (exact) mass is 1520 g/mol. The van der Waals surface area contributed by atoms with Crippen LogP contribution >= 0.6 is 0 Å². The molecule has 0 saturated carbocycles. The van der Waals surface area contributed by atoms with Gasteiger partial charge in [0.15, 0.2) is 93.2 Å². The topological polar surface area (TPSA) is 188 Å². The van der Waals surface area contributed by atoms with E-state index in [0.717, 1.165) is 44.5 Å². The Labute approximate surface area is 663 Å². The number of hydrogen-bond acceptors (Lipinski definition) is 13. The lowest BCUT2D eigenvalue weighted by atomic mass is 9.96. The normalized spacial score (nSPS) is 11.5. The molecule has 0 spiro atoms. The van der Waals surface area contributed by atoms with Gasteiger partial charge in [0, 0.05) is 93.9 Å². The molecule has 117 heavy (non-hydrogen) atoms. The van der Waals surface area contributed by atoms with E-state index < -0.39 is 45.8 Å². The molecule has 20 rings (SSSR count). The summed E-state index contributed by atoms with van der Waals surface area (Å²) < 4.78 is 85.5. The maximum atomic E-state index is 17.1. The molecule has 0 saturated heterocycles. The van der Waals surface area contributed by atoms with Gasteiger partial charge < -0.3 is 9.13 Å². The van der Waals surface area contributed by atoms with Crippen LogP contribution in [-0.4, -0.2) is 68.9 Å². The fraction of sp³-hybridized carbons (Fsp3) is 0. The van der Waals surface area contributed by atoms with E-state index in [2.05, 4.69) is 6.07 Å². The van der Waals surface area contributed by atoms with Crippen molar-refractivity contribution in [2.45, 2.75) is 0 Å². The number of benzene rings is 14. The van der Waals surface area contributed by atoms with Crippen LogP contribution in [0.5, 0.6) is 0 Å². The molecule has 14 aromatic carbocycles. The predicted octanol–water partition coefficient (Wildman–Crippen LogP) is 22.9. The molecule has 0 unspecified atom stereocenters. The standard InChI is InChI=1S/C97H54F5N15/c98-81-80(82(99)84(101)85(102)83(81)100)69-54-79(117-76-47-43-66(96-112-90(60-33-17-5-18-34-60)106-91(113-96)61-35-19-6-20-36-61)51-72(76)73-52-67(44-48-77(73)117)97-114-92(62-37-21-7-22-38-62)107-93(115-97)63-39-23-8-24-40-63)78(53-68(69)55-103)116-74-45-41-64(94-108-86(56-25-9-1-10-26-56)104-87(109-94)57-27-11-2-12-28-57)49-70(74)71-50-65(42-46-75(71)116)95-110-88(58-29-13-3-14-30-58)105-89(111-95)59-31-15-4-16-32-59/h1-54H. The molecular formula is C97H54F5N15. The number of nitriles is 1. The van der Waals surface area contributed by atoms with Crippen LogP contribution in [0.25, 0.3) is 203 Å². The number of hydrogen-bond donors (Lipinski definition) is 0. The van der Waals surface area contributed by atoms with Gasteiger partial charge in [-0.2, -0.15) is 5.26 Å². The van der Waals surface area contributed by atoms with Crippen molar-refractivity contribution < 1.29 is 22.0 Å². The number of nitrogens with zero attached hydrogens (tertiary/aromatic N) is 15. The molecule has 20 heteroatoms. The lowest BCUT2D eigenvalue weighted by Gasteiger charge is -2.20. The Balaban J connectivity index is 0.890. The molecule has 0 aliphatic heterocycles. The highest BCUT2D eigenvalue weighted by Gasteiger charge is 2.32. The minimum atomic E-state index is -2.37. The van der Waals surface area contributed by atoms with Gasteiger partial charge in [-0.05, 0) is 84.9 Å². The van der Waals surface area contributed by atoms with Gasteiger partial charge in [-0.25, -0.2) is 81.8 Å². The van der Waals surface area contributed by atoms with Crippen molar-refractivity contribution in [1.29, 1.82) is 5.26 Å². The largest absolute Gasteiger partial charge is 0.307 e. The van der Waals surface area contributed by atoms with Crippen LogP contribution in [0, 0.1) is 40.4 Å². The second kappa shape index (κ2) is 29.2. The number of aromatic nitrogens is 14. The van der Waals surface area contributed by atoms with E-state index in [9.17, 15) is 5.26 Å². The molecule has 20 aromatic rings. The maximum absolute atomic E-state index is 17.1. The van der Waals surface area contributed by atoms with Crippen LogP contribution in [0.2, 0.25) is 0 Å². The van der Waals surface area contributed by atoms with Crippen LogP contribution in [0.4, 0.5) is 22.0 Å². The summed E-state index contributed by atoms with van der Waals surface area (Å²) >= 11 is 0. The zero-order valence-corrected chi connectivity index (χ0v) is 61.3. The average molecular weight is 1520 g/mol. The molecule has 0 aliphatic carbocycles. The van der Waals surface area contributed by atoms with Gasteiger partial charge in [0.1, 0.15) is 0 Å². The van der Waals surface area contributed by atoms with Crippen molar-refractivity contribution in [3.63, 3.8) is 0 Å². The lowest BCUT2D eigenvalue weighted by molar-refractivity contribution is 0.381. The molecule has 15 nitrogen and oxygen atoms in total. The summed E-state index contributed by atoms with van der Waals surface area (Å²) in [6.07, 6.45) is 0. The first kappa shape index (κ1) is 70.0. The first-order valence-electron chi connectivity index (χ1n) is 37.3. The molecule has 552 valence electrons. The Morgan fingerprint density at radius 3 is 0.598 bits per heavy atom. The van der Waals surface area contributed by atoms with Crippen LogP contribution in [-0.2, 0) is 0 Å². The first-order chi connectivity index (χ1) is 57.5. The van der Waals surface area contributed by atoms with Crippen molar-refractivity contribution in [3.05, 3.63) is 362 Å². The van der Waals surface area contributed by atoms with Crippen molar-refractivity contribution >= 4 is 43.6 Å². The van der Waals surface area contributed by atoms with E-state index >= 15 is 22.0 Å². The van der Waals surface area contributed by atoms with Crippen LogP contribution in [0.3, 0.4) is 0 Å². The van der Waals surface area contributed by atoms with Gasteiger partial charge in [0.05, 0.1) is 50.6 Å². The van der Waals surface area contributed by atoms with Gasteiger partial charge in [0.25, 0.3) is 0 Å². The van der Waals surface area contributed by atoms with Crippen molar-refractivity contribution in [1.82, 2.24) is 68.9 Å². The molecule has 0 N–H and O–H groups in total. The van der Waals surface area contributed by atoms with E-state index in [4.69, 9.17) is 59.8 Å². The van der Waals surface area contributed by atoms with Crippen LogP contribution in [0.1, 0.15) is 5.56 Å². The molecule has 0 radical (unpaired) electrons. The smallest absolute Gasteiger partial charge is 0.200 e. The highest BCUT2D eigenvalue weighted by atomic mass is 19.2. The summed E-state index contributed by atoms with van der Waals surface area (Å²) in [5, 5.41) is 14.0. The van der Waals surface area contributed by atoms with Gasteiger partial charge in [0.2, 0.25) is 5.82 Å². The quantitative estimate of drug-likeness (QED) is 0.0536. The molecule has 0 atom stereocenters. The Morgan fingerprint density at radius 1 is 0.205 bits per heavy atom. The maximum Gasteiger partial charge on any atom is 0.200 e. The Kier molecular flexibility index (Phi) is 17.5.